The molecule has 1 aromatic heterocycles. The zero-order valence-corrected chi connectivity index (χ0v) is 9.94. The molecule has 0 radical (unpaired) electrons. The van der Waals surface area contributed by atoms with E-state index in [0.29, 0.717) is 12.5 Å². The second-order valence-corrected chi connectivity index (χ2v) is 5.42. The zero-order valence-electron chi connectivity index (χ0n) is 9.13. The highest BCUT2D eigenvalue weighted by Crippen LogP contribution is 2.48. The van der Waals surface area contributed by atoms with Gasteiger partial charge in [-0.2, -0.15) is 0 Å². The Kier molecular flexibility index (Phi) is 2.45. The van der Waals surface area contributed by atoms with E-state index in [-0.39, 0.29) is 5.82 Å². The lowest BCUT2D eigenvalue weighted by Crippen LogP contribution is -1.88. The summed E-state index contributed by atoms with van der Waals surface area (Å²) in [5.74, 6) is 0.532. The summed E-state index contributed by atoms with van der Waals surface area (Å²) >= 11 is 1.67. The van der Waals surface area contributed by atoms with E-state index in [1.165, 1.54) is 28.7 Å². The van der Waals surface area contributed by atoms with E-state index in [4.69, 9.17) is 4.74 Å². The van der Waals surface area contributed by atoms with E-state index >= 15 is 0 Å². The fourth-order valence-electron chi connectivity index (χ4n) is 2.20. The summed E-state index contributed by atoms with van der Waals surface area (Å²) in [6.07, 6.45) is 2.53. The largest absolute Gasteiger partial charge is 0.379 e. The maximum absolute atomic E-state index is 13.2. The van der Waals surface area contributed by atoms with Gasteiger partial charge in [-0.05, 0) is 41.8 Å². The van der Waals surface area contributed by atoms with E-state index in [9.17, 15) is 4.39 Å². The summed E-state index contributed by atoms with van der Waals surface area (Å²) in [5, 5.41) is 1.22. The Labute approximate surface area is 97.9 Å². The van der Waals surface area contributed by atoms with Crippen molar-refractivity contribution < 1.29 is 9.13 Å². The van der Waals surface area contributed by atoms with E-state index in [0.717, 1.165) is 4.70 Å². The molecule has 0 aliphatic heterocycles. The Morgan fingerprint density at radius 3 is 2.94 bits per heavy atom. The number of fused-ring (bicyclic) bond motifs is 1. The van der Waals surface area contributed by atoms with Crippen molar-refractivity contribution in [2.75, 3.05) is 7.11 Å². The highest BCUT2D eigenvalue weighted by atomic mass is 32.1. The summed E-state index contributed by atoms with van der Waals surface area (Å²) in [4.78, 5) is 1.27. The third-order valence-corrected chi connectivity index (χ3v) is 4.17. The molecule has 1 fully saturated rings. The van der Waals surface area contributed by atoms with Gasteiger partial charge < -0.3 is 4.74 Å². The molecule has 1 aliphatic carbocycles. The van der Waals surface area contributed by atoms with Gasteiger partial charge in [0, 0.05) is 16.7 Å². The van der Waals surface area contributed by atoms with Gasteiger partial charge in [0.05, 0.1) is 6.61 Å². The maximum atomic E-state index is 13.2. The van der Waals surface area contributed by atoms with Crippen LogP contribution in [0, 0.1) is 5.82 Å². The second-order valence-electron chi connectivity index (χ2n) is 4.29. The molecule has 3 heteroatoms. The first-order valence-electron chi connectivity index (χ1n) is 5.49. The molecule has 1 aliphatic rings. The van der Waals surface area contributed by atoms with Gasteiger partial charge in [0.15, 0.2) is 0 Å². The average molecular weight is 236 g/mol. The van der Waals surface area contributed by atoms with Crippen LogP contribution < -0.4 is 0 Å². The molecule has 0 spiro atoms. The molecule has 0 saturated heterocycles. The van der Waals surface area contributed by atoms with Gasteiger partial charge in [-0.25, -0.2) is 4.39 Å². The predicted molar refractivity (Wildman–Crippen MR) is 64.5 cm³/mol. The molecule has 1 saturated carbocycles. The third-order valence-electron chi connectivity index (χ3n) is 3.03. The van der Waals surface area contributed by atoms with Gasteiger partial charge in [0.25, 0.3) is 0 Å². The van der Waals surface area contributed by atoms with Crippen LogP contribution in [-0.4, -0.2) is 7.11 Å². The summed E-state index contributed by atoms with van der Waals surface area (Å²) in [7, 11) is 1.71. The average Bonchev–Trinajstić information content (AvgIpc) is 3.02. The van der Waals surface area contributed by atoms with Gasteiger partial charge >= 0.3 is 0 Å². The van der Waals surface area contributed by atoms with Gasteiger partial charge in [-0.15, -0.1) is 11.3 Å². The molecule has 0 atom stereocenters. The molecule has 0 amide bonds. The van der Waals surface area contributed by atoms with Crippen molar-refractivity contribution in [3.8, 4) is 0 Å². The summed E-state index contributed by atoms with van der Waals surface area (Å²) < 4.78 is 19.4. The fourth-order valence-corrected chi connectivity index (χ4v) is 3.49. The molecular weight excluding hydrogens is 223 g/mol. The molecule has 2 aromatic rings. The zero-order chi connectivity index (χ0) is 11.1. The highest BCUT2D eigenvalue weighted by Gasteiger charge is 2.29. The van der Waals surface area contributed by atoms with Crippen molar-refractivity contribution in [2.45, 2.75) is 25.4 Å². The molecule has 16 heavy (non-hydrogen) atoms. The van der Waals surface area contributed by atoms with E-state index < -0.39 is 0 Å². The first-order valence-corrected chi connectivity index (χ1v) is 6.31. The Morgan fingerprint density at radius 2 is 2.25 bits per heavy atom. The minimum atomic E-state index is -0.153. The van der Waals surface area contributed by atoms with Crippen molar-refractivity contribution in [3.63, 3.8) is 0 Å². The van der Waals surface area contributed by atoms with Crippen molar-refractivity contribution in [1.29, 1.82) is 0 Å². The first kappa shape index (κ1) is 10.2. The van der Waals surface area contributed by atoms with Crippen molar-refractivity contribution in [2.24, 2.45) is 0 Å². The molecular formula is C13H13FOS. The summed E-state index contributed by atoms with van der Waals surface area (Å²) in [6.45, 7) is 0.646. The lowest BCUT2D eigenvalue weighted by Gasteiger charge is -2.01. The first-order chi connectivity index (χ1) is 7.79. The topological polar surface area (TPSA) is 9.23 Å². The fraction of sp³-hybridized carbons (Fsp3) is 0.385. The van der Waals surface area contributed by atoms with Crippen LogP contribution in [0.5, 0.6) is 0 Å². The standard InChI is InChI=1S/C13H13FOS/c1-15-7-12-13(8-2-3-8)10-5-4-9(14)6-11(10)16-12/h4-6,8H,2-3,7H2,1H3. The number of methoxy groups -OCH3 is 1. The van der Waals surface area contributed by atoms with Gasteiger partial charge in [-0.1, -0.05) is 6.07 Å². The van der Waals surface area contributed by atoms with Crippen LogP contribution in [0.15, 0.2) is 18.2 Å². The smallest absolute Gasteiger partial charge is 0.124 e. The van der Waals surface area contributed by atoms with Crippen LogP contribution in [0.25, 0.3) is 10.1 Å². The van der Waals surface area contributed by atoms with Crippen molar-refractivity contribution in [1.82, 2.24) is 0 Å². The lowest BCUT2D eigenvalue weighted by molar-refractivity contribution is 0.187. The van der Waals surface area contributed by atoms with Gasteiger partial charge in [0.1, 0.15) is 5.82 Å². The second kappa shape index (κ2) is 3.82. The van der Waals surface area contributed by atoms with Crippen molar-refractivity contribution >= 4 is 21.4 Å². The summed E-state index contributed by atoms with van der Waals surface area (Å²) in [5.41, 5.74) is 1.40. The predicted octanol–water partition coefficient (Wildman–Crippen LogP) is 4.06. The molecule has 84 valence electrons. The molecule has 0 unspecified atom stereocenters. The van der Waals surface area contributed by atoms with Crippen LogP contribution in [-0.2, 0) is 11.3 Å². The number of benzene rings is 1. The number of ether oxygens (including phenoxy) is 1. The number of halogens is 1. The van der Waals surface area contributed by atoms with Crippen molar-refractivity contribution in [3.05, 3.63) is 34.5 Å². The minimum Gasteiger partial charge on any atom is -0.379 e. The van der Waals surface area contributed by atoms with Gasteiger partial charge in [0.2, 0.25) is 0 Å². The summed E-state index contributed by atoms with van der Waals surface area (Å²) in [6, 6.07) is 5.09. The van der Waals surface area contributed by atoms with Crippen LogP contribution in [0.2, 0.25) is 0 Å². The van der Waals surface area contributed by atoms with Gasteiger partial charge in [-0.3, -0.25) is 0 Å². The molecule has 1 aromatic carbocycles. The number of hydrogen-bond acceptors (Lipinski definition) is 2. The van der Waals surface area contributed by atoms with Crippen LogP contribution >= 0.6 is 11.3 Å². The highest BCUT2D eigenvalue weighted by molar-refractivity contribution is 7.19. The monoisotopic (exact) mass is 236 g/mol. The molecule has 1 heterocycles. The van der Waals surface area contributed by atoms with Crippen LogP contribution in [0.3, 0.4) is 0 Å². The molecule has 0 bridgehead atoms. The molecule has 0 N–H and O–H groups in total. The third kappa shape index (κ3) is 1.64. The normalized spacial score (nSPS) is 15.9. The van der Waals surface area contributed by atoms with Crippen LogP contribution in [0.4, 0.5) is 4.39 Å². The maximum Gasteiger partial charge on any atom is 0.124 e. The number of rotatable bonds is 3. The lowest BCUT2D eigenvalue weighted by atomic mass is 10.1. The van der Waals surface area contributed by atoms with E-state index in [1.54, 1.807) is 30.6 Å². The number of hydrogen-bond donors (Lipinski definition) is 0. The quantitative estimate of drug-likeness (QED) is 0.780. The Bertz CT molecular complexity index is 528. The minimum absolute atomic E-state index is 0.153. The Hall–Kier alpha value is -0.930. The SMILES string of the molecule is COCc1sc2cc(F)ccc2c1C1CC1. The molecule has 1 nitrogen and oxygen atoms in total. The van der Waals surface area contributed by atoms with Crippen LogP contribution in [0.1, 0.15) is 29.2 Å². The van der Waals surface area contributed by atoms with E-state index in [1.807, 2.05) is 6.07 Å². The van der Waals surface area contributed by atoms with E-state index in [2.05, 4.69) is 0 Å². The Balaban J connectivity index is 2.20. The molecule has 3 rings (SSSR count). The number of thiophene rings is 1. The Morgan fingerprint density at radius 1 is 1.44 bits per heavy atom.